The predicted molar refractivity (Wildman–Crippen MR) is 292 cm³/mol. The van der Waals surface area contributed by atoms with Crippen LogP contribution < -0.4 is 16.0 Å². The second-order valence-electron chi connectivity index (χ2n) is 20.2. The Bertz CT molecular complexity index is 3440. The number of benzene rings is 5. The van der Waals surface area contributed by atoms with E-state index >= 15 is 0 Å². The first-order chi connectivity index (χ1) is 36.8. The number of phenols is 1. The summed E-state index contributed by atoms with van der Waals surface area (Å²) in [6.07, 6.45) is 7.75. The molecule has 1 saturated carbocycles. The summed E-state index contributed by atoms with van der Waals surface area (Å²) >= 11 is 0. The molecule has 0 radical (unpaired) electrons. The van der Waals surface area contributed by atoms with Gasteiger partial charge in [-0.2, -0.15) is 36.9 Å². The molecule has 77 heavy (non-hydrogen) atoms. The van der Waals surface area contributed by atoms with Crippen LogP contribution in [-0.4, -0.2) is 112 Å². The van der Waals surface area contributed by atoms with Crippen LogP contribution in [0.4, 0.5) is 34.6 Å². The Kier molecular flexibility index (Phi) is 16.0. The lowest BCUT2D eigenvalue weighted by Gasteiger charge is -2.33. The third-order valence-electron chi connectivity index (χ3n) is 14.7. The van der Waals surface area contributed by atoms with Gasteiger partial charge in [0.1, 0.15) is 21.3 Å². The van der Waals surface area contributed by atoms with Crippen LogP contribution in [0.25, 0.3) is 21.5 Å². The van der Waals surface area contributed by atoms with Gasteiger partial charge >= 0.3 is 17.6 Å². The van der Waals surface area contributed by atoms with Crippen molar-refractivity contribution in [3.05, 3.63) is 95.8 Å². The Hall–Kier alpha value is -5.40. The monoisotopic (exact) mass is 1130 g/mol. The lowest BCUT2D eigenvalue weighted by atomic mass is 9.93. The molecule has 7 atom stereocenters. The Morgan fingerprint density at radius 3 is 2.23 bits per heavy atom. The smallest absolute Gasteiger partial charge is 0.502 e. The Morgan fingerprint density at radius 1 is 0.753 bits per heavy atom. The highest BCUT2D eigenvalue weighted by atomic mass is 32.2. The first kappa shape index (κ1) is 54.9. The number of aryl methyl sites for hydroxylation is 3. The van der Waals surface area contributed by atoms with E-state index in [1.807, 2.05) is 42.2 Å². The number of anilines is 4. The summed E-state index contributed by atoms with van der Waals surface area (Å²) < 4.78 is 104. The van der Waals surface area contributed by atoms with Crippen LogP contribution in [-0.2, 0) is 48.8 Å². The Balaban J connectivity index is 0.931. The van der Waals surface area contributed by atoms with Crippen molar-refractivity contribution in [1.82, 2.24) is 15.0 Å². The Morgan fingerprint density at radius 2 is 1.49 bits per heavy atom. The van der Waals surface area contributed by atoms with E-state index in [1.54, 1.807) is 32.0 Å². The van der Waals surface area contributed by atoms with Crippen molar-refractivity contribution in [1.29, 1.82) is 0 Å². The molecule has 5 aromatic carbocycles. The van der Waals surface area contributed by atoms with Crippen molar-refractivity contribution in [3.8, 4) is 5.75 Å². The molecular formula is C52H64N8O13S2Si2. The number of aromatic nitrogens is 3. The highest BCUT2D eigenvalue weighted by Crippen LogP contribution is 2.48. The zero-order valence-electron chi connectivity index (χ0n) is 43.0. The van der Waals surface area contributed by atoms with Crippen LogP contribution in [0.2, 0.25) is 12.1 Å². The topological polar surface area (TPSA) is 300 Å². The molecule has 7 N–H and O–H groups in total. The molecule has 25 heteroatoms. The van der Waals surface area contributed by atoms with Crippen LogP contribution >= 0.6 is 0 Å². The van der Waals surface area contributed by atoms with Crippen LogP contribution in [0, 0.1) is 13.8 Å². The summed E-state index contributed by atoms with van der Waals surface area (Å²) in [5.41, 5.74) is 7.66. The summed E-state index contributed by atoms with van der Waals surface area (Å²) in [6, 6.07) is 22.5. The number of unbranched alkanes of at least 4 members (excludes halogenated alkanes) is 1. The molecule has 1 aromatic heterocycles. The maximum absolute atomic E-state index is 13.0. The number of rotatable bonds is 17. The van der Waals surface area contributed by atoms with E-state index in [1.165, 1.54) is 30.3 Å². The van der Waals surface area contributed by atoms with E-state index in [4.69, 9.17) is 42.8 Å². The van der Waals surface area contributed by atoms with E-state index < -0.39 is 54.2 Å². The number of fused-ring (bicyclic) bond motifs is 4. The molecule has 0 amide bonds. The molecule has 7 unspecified atom stereocenters. The van der Waals surface area contributed by atoms with Gasteiger partial charge in [-0.3, -0.25) is 9.11 Å². The standard InChI is InChI=1S/C52H64N8O13S2Si2/c1-4-60(35-16-8-7-9-17-35)52-56-46(22-12-13-27-77-71-41-20-11-6-5-10-19-40-42(31-43(72-77)50(41)73-77)70-76(68,69-40)26-15-25-53)55-51(57-52)54-39-29-32(2)28-34-30-45(75(65,66)67)48(49(61)47(34)39)59-58-38-24-23-37-36(33(38)3)18-14-21-44(37)74(62,63)64/h7-9,14,16-18,21,23-24,28-30,40-43,50,61,68H,4-6,10-13,15,19-20,22,25-27,31,53H2,1-3H3,(H,62,63,64)(H,65,66,67)(H,54,55,56,57). The van der Waals surface area contributed by atoms with Crippen molar-refractivity contribution in [2.24, 2.45) is 16.0 Å². The fourth-order valence-corrected chi connectivity index (χ4v) is 18.2. The Labute approximate surface area is 449 Å². The average molecular weight is 1130 g/mol. The molecule has 3 saturated heterocycles. The van der Waals surface area contributed by atoms with Gasteiger partial charge in [-0.25, -0.2) is 0 Å². The number of phenolic OH excluding ortho intramolecular Hbond substituents is 1. The largest absolute Gasteiger partial charge is 0.505 e. The average Bonchev–Trinajstić information content (AvgIpc) is 4.06. The maximum Gasteiger partial charge on any atom is 0.502 e. The summed E-state index contributed by atoms with van der Waals surface area (Å²) in [5.74, 6) is 0.343. The molecule has 2 bridgehead atoms. The minimum atomic E-state index is -5.00. The van der Waals surface area contributed by atoms with Gasteiger partial charge in [0.2, 0.25) is 11.9 Å². The second-order valence-corrected chi connectivity index (χ2v) is 28.0. The molecule has 0 spiro atoms. The zero-order valence-corrected chi connectivity index (χ0v) is 46.7. The number of para-hydroxylation sites is 1. The molecular weight excluding hydrogens is 1060 g/mol. The number of aromatic hydroxyl groups is 1. The maximum atomic E-state index is 13.0. The summed E-state index contributed by atoms with van der Waals surface area (Å²) in [6.45, 7) is 6.37. The van der Waals surface area contributed by atoms with Crippen LogP contribution in [0.15, 0.2) is 98.9 Å². The van der Waals surface area contributed by atoms with Gasteiger partial charge in [0, 0.05) is 47.9 Å². The van der Waals surface area contributed by atoms with Gasteiger partial charge in [-0.1, -0.05) is 68.1 Å². The van der Waals surface area contributed by atoms with Crippen LogP contribution in [0.3, 0.4) is 0 Å². The van der Waals surface area contributed by atoms with Crippen molar-refractivity contribution in [2.45, 2.75) is 144 Å². The van der Waals surface area contributed by atoms with E-state index in [-0.39, 0.29) is 68.9 Å². The minimum absolute atomic E-state index is 0.0805. The van der Waals surface area contributed by atoms with E-state index in [0.717, 1.165) is 44.2 Å². The first-order valence-corrected chi connectivity index (χ1v) is 33.0. The molecule has 21 nitrogen and oxygen atoms in total. The number of hydrogen-bond acceptors (Lipinski definition) is 19. The highest BCUT2D eigenvalue weighted by molar-refractivity contribution is 7.86. The fraction of sp³-hybridized carbons (Fsp3) is 0.442. The third-order valence-corrected chi connectivity index (χ3v) is 21.8. The van der Waals surface area contributed by atoms with E-state index in [0.29, 0.717) is 85.6 Å². The number of hydrogen-bond donors (Lipinski definition) is 6. The van der Waals surface area contributed by atoms with E-state index in [9.17, 15) is 35.8 Å². The fourth-order valence-electron chi connectivity index (χ4n) is 11.1. The molecule has 4 aliphatic rings. The lowest BCUT2D eigenvalue weighted by Crippen LogP contribution is -2.47. The lowest BCUT2D eigenvalue weighted by molar-refractivity contribution is -0.0101. The minimum Gasteiger partial charge on any atom is -0.505 e. The quantitative estimate of drug-likeness (QED) is 0.0214. The van der Waals surface area contributed by atoms with E-state index in [2.05, 4.69) is 15.5 Å². The van der Waals surface area contributed by atoms with Crippen molar-refractivity contribution < 1.29 is 58.0 Å². The summed E-state index contributed by atoms with van der Waals surface area (Å²) in [5, 5.41) is 24.9. The normalized spacial score (nSPS) is 24.8. The number of azo groups is 1. The van der Waals surface area contributed by atoms with Gasteiger partial charge in [-0.05, 0) is 118 Å². The number of nitrogens with zero attached hydrogens (tertiary/aromatic N) is 6. The SMILES string of the molecule is CCN(c1ccccc1)c1nc(CCCC[Si]23OC4CCCCCCC5O[Si](O)(CCCN)OC5CC(O2)C4O3)nc(Nc2cc(C)cc3cc(S(=O)(=O)O)c(N=Nc4ccc5c(S(=O)(=O)O)cccc5c4C)c(O)c23)n1. The van der Waals surface area contributed by atoms with Crippen LogP contribution in [0.5, 0.6) is 5.75 Å². The van der Waals surface area contributed by atoms with Crippen molar-refractivity contribution >= 4 is 94.0 Å². The van der Waals surface area contributed by atoms with Gasteiger partial charge in [0.25, 0.3) is 20.2 Å². The van der Waals surface area contributed by atoms with Gasteiger partial charge < -0.3 is 48.0 Å². The molecule has 3 aliphatic heterocycles. The van der Waals surface area contributed by atoms with Crippen molar-refractivity contribution in [3.63, 3.8) is 0 Å². The molecule has 10 rings (SSSR count). The number of nitrogens with two attached hydrogens (primary N) is 1. The molecule has 410 valence electrons. The van der Waals surface area contributed by atoms with Crippen LogP contribution in [0.1, 0.15) is 88.1 Å². The number of nitrogens with one attached hydrogen (secondary N) is 1. The van der Waals surface area contributed by atoms with Crippen molar-refractivity contribution in [2.75, 3.05) is 23.3 Å². The zero-order chi connectivity index (χ0) is 54.3. The van der Waals surface area contributed by atoms with Gasteiger partial charge in [-0.15, -0.1) is 5.11 Å². The first-order valence-electron chi connectivity index (χ1n) is 26.2. The molecule has 1 aliphatic carbocycles. The molecule has 4 fully saturated rings. The van der Waals surface area contributed by atoms with Gasteiger partial charge in [0.05, 0.1) is 41.9 Å². The summed E-state index contributed by atoms with van der Waals surface area (Å²) in [4.78, 5) is 27.0. The summed E-state index contributed by atoms with van der Waals surface area (Å²) in [7, 11) is -16.0. The van der Waals surface area contributed by atoms with Gasteiger partial charge in [0.15, 0.2) is 5.75 Å². The predicted octanol–water partition coefficient (Wildman–Crippen LogP) is 9.56. The molecule has 4 heterocycles. The third kappa shape index (κ3) is 11.8. The molecule has 6 aromatic rings. The second kappa shape index (κ2) is 22.4. The highest BCUT2D eigenvalue weighted by Gasteiger charge is 2.64.